The molecule has 0 aliphatic carbocycles. The number of thioether (sulfide) groups is 2. The molecule has 3 heterocycles. The lowest BCUT2D eigenvalue weighted by Crippen LogP contribution is -2.37. The van der Waals surface area contributed by atoms with Crippen molar-refractivity contribution in [3.05, 3.63) is 42.1 Å². The first-order chi connectivity index (χ1) is 17.3. The number of methoxy groups -OCH3 is 1. The summed E-state index contributed by atoms with van der Waals surface area (Å²) >= 11 is 1.42. The number of fused-ring (bicyclic) bond motifs is 1. The van der Waals surface area contributed by atoms with E-state index in [2.05, 4.69) is 39.5 Å². The Balaban J connectivity index is 1.59. The van der Waals surface area contributed by atoms with Gasteiger partial charge in [-0.25, -0.2) is 4.52 Å². The number of hydrogen-bond donors (Lipinski definition) is 2. The molecule has 6 nitrogen and oxygen atoms in total. The summed E-state index contributed by atoms with van der Waals surface area (Å²) in [6, 6.07) is 11.2. The zero-order valence-corrected chi connectivity index (χ0v) is 21.9. The fourth-order valence-corrected chi connectivity index (χ4v) is 5.14. The minimum absolute atomic E-state index is 0.00364. The van der Waals surface area contributed by atoms with E-state index in [1.165, 1.54) is 4.52 Å². The third-order valence-electron chi connectivity index (χ3n) is 5.88. The summed E-state index contributed by atoms with van der Waals surface area (Å²) in [5.41, 5.74) is -3.22. The van der Waals surface area contributed by atoms with Gasteiger partial charge in [0.05, 0.1) is 29.8 Å². The van der Waals surface area contributed by atoms with Crippen LogP contribution in [0.1, 0.15) is 18.5 Å². The first kappa shape index (κ1) is 26.4. The molecule has 0 bridgehead atoms. The molecule has 0 saturated carbocycles. The number of ether oxygens (including phenoxy) is 1. The van der Waals surface area contributed by atoms with Gasteiger partial charge >= 0.3 is 5.51 Å². The first-order valence-electron chi connectivity index (χ1n) is 11.4. The lowest BCUT2D eigenvalue weighted by Gasteiger charge is -2.30. The molecule has 0 unspecified atom stereocenters. The Kier molecular flexibility index (Phi) is 8.49. The Morgan fingerprint density at radius 2 is 1.97 bits per heavy atom. The van der Waals surface area contributed by atoms with Crippen molar-refractivity contribution < 1.29 is 17.9 Å². The molecule has 2 aromatic heterocycles. The monoisotopic (exact) mass is 535 g/mol. The van der Waals surface area contributed by atoms with Crippen LogP contribution in [0.4, 0.5) is 24.7 Å². The van der Waals surface area contributed by atoms with Crippen LogP contribution in [0.3, 0.4) is 0 Å². The molecule has 192 valence electrons. The molecule has 0 atom stereocenters. The Morgan fingerprint density at radius 1 is 1.19 bits per heavy atom. The number of nitrogens with zero attached hydrogens (tertiary/aromatic N) is 3. The summed E-state index contributed by atoms with van der Waals surface area (Å²) in [6.45, 7) is 2.16. The Bertz CT molecular complexity index is 1260. The summed E-state index contributed by atoms with van der Waals surface area (Å²) in [5, 5.41) is 11.1. The molecule has 1 aromatic carbocycles. The summed E-state index contributed by atoms with van der Waals surface area (Å²) in [5.74, 6) is 7.10. The Hall–Kier alpha value is -2.68. The van der Waals surface area contributed by atoms with Gasteiger partial charge in [-0.05, 0) is 87.2 Å². The Morgan fingerprint density at radius 3 is 2.67 bits per heavy atom. The summed E-state index contributed by atoms with van der Waals surface area (Å²) < 4.78 is 47.2. The first-order valence-corrected chi connectivity index (χ1v) is 13.5. The predicted molar refractivity (Wildman–Crippen MR) is 141 cm³/mol. The van der Waals surface area contributed by atoms with E-state index in [1.807, 2.05) is 30.5 Å². The van der Waals surface area contributed by atoms with E-state index in [0.717, 1.165) is 36.5 Å². The second-order valence-electron chi connectivity index (χ2n) is 8.38. The standard InChI is InChI=1S/C25H28F3N5OS2/c1-32-14-11-17(12-15-32)30-23-8-4-7-21-24(36-25(26,27)28)20(31-33(21)23)6-5-13-29-19-10-9-18(35-3)16-22(19)34-2/h4,7-10,16-17,29-30H,11-15H2,1-3H3. The van der Waals surface area contributed by atoms with Gasteiger partial charge in [0.2, 0.25) is 0 Å². The zero-order chi connectivity index (χ0) is 25.7. The van der Waals surface area contributed by atoms with Crippen molar-refractivity contribution in [1.29, 1.82) is 0 Å². The van der Waals surface area contributed by atoms with Gasteiger partial charge in [-0.2, -0.15) is 18.3 Å². The lowest BCUT2D eigenvalue weighted by atomic mass is 10.1. The number of nitrogens with one attached hydrogen (secondary N) is 2. The molecule has 36 heavy (non-hydrogen) atoms. The second-order valence-corrected chi connectivity index (χ2v) is 10.3. The molecule has 1 fully saturated rings. The highest BCUT2D eigenvalue weighted by atomic mass is 32.2. The molecule has 1 saturated heterocycles. The topological polar surface area (TPSA) is 53.8 Å². The number of pyridine rings is 1. The van der Waals surface area contributed by atoms with Crippen molar-refractivity contribution in [2.24, 2.45) is 0 Å². The fraction of sp³-hybridized carbons (Fsp3) is 0.400. The van der Waals surface area contributed by atoms with Gasteiger partial charge in [-0.3, -0.25) is 0 Å². The van der Waals surface area contributed by atoms with Crippen LogP contribution in [0.15, 0.2) is 46.2 Å². The predicted octanol–water partition coefficient (Wildman–Crippen LogP) is 5.65. The van der Waals surface area contributed by atoms with Crippen LogP contribution in [-0.4, -0.2) is 66.1 Å². The SMILES string of the molecule is COc1cc(SC)ccc1NCC#Cc1nn2c(NC3CCN(C)CC3)cccc2c1SC(F)(F)F. The van der Waals surface area contributed by atoms with Crippen molar-refractivity contribution in [3.63, 3.8) is 0 Å². The average Bonchev–Trinajstić information content (AvgIpc) is 3.20. The van der Waals surface area contributed by atoms with Gasteiger partial charge in [-0.15, -0.1) is 11.8 Å². The van der Waals surface area contributed by atoms with Gasteiger partial charge < -0.3 is 20.3 Å². The molecule has 11 heteroatoms. The number of anilines is 2. The minimum atomic E-state index is -4.46. The van der Waals surface area contributed by atoms with E-state index in [0.29, 0.717) is 17.1 Å². The van der Waals surface area contributed by atoms with Gasteiger partial charge in [0.15, 0.2) is 0 Å². The van der Waals surface area contributed by atoms with Crippen LogP contribution in [0, 0.1) is 11.8 Å². The molecule has 2 N–H and O–H groups in total. The zero-order valence-electron chi connectivity index (χ0n) is 20.3. The molecule has 1 aliphatic rings. The van der Waals surface area contributed by atoms with E-state index in [-0.39, 0.29) is 34.9 Å². The van der Waals surface area contributed by atoms with Crippen molar-refractivity contribution in [2.75, 3.05) is 50.7 Å². The lowest BCUT2D eigenvalue weighted by molar-refractivity contribution is -0.0327. The van der Waals surface area contributed by atoms with Crippen molar-refractivity contribution in [1.82, 2.24) is 14.5 Å². The van der Waals surface area contributed by atoms with Crippen LogP contribution >= 0.6 is 23.5 Å². The summed E-state index contributed by atoms with van der Waals surface area (Å²) in [4.78, 5) is 3.33. The molecule has 0 radical (unpaired) electrons. The number of alkyl halides is 3. The minimum Gasteiger partial charge on any atom is -0.495 e. The normalized spacial score (nSPS) is 14.9. The summed E-state index contributed by atoms with van der Waals surface area (Å²) in [7, 11) is 3.67. The van der Waals surface area contributed by atoms with E-state index < -0.39 is 5.51 Å². The Labute approximate surface area is 217 Å². The van der Waals surface area contributed by atoms with Gasteiger partial charge in [0, 0.05) is 10.9 Å². The highest BCUT2D eigenvalue weighted by molar-refractivity contribution is 8.00. The molecule has 1 aliphatic heterocycles. The van der Waals surface area contributed by atoms with E-state index in [9.17, 15) is 13.2 Å². The highest BCUT2D eigenvalue weighted by Crippen LogP contribution is 2.41. The molecular formula is C25H28F3N5OS2. The molecule has 0 spiro atoms. The van der Waals surface area contributed by atoms with Crippen LogP contribution in [-0.2, 0) is 0 Å². The summed E-state index contributed by atoms with van der Waals surface area (Å²) in [6.07, 6.45) is 3.89. The third kappa shape index (κ3) is 6.55. The van der Waals surface area contributed by atoms with Crippen molar-refractivity contribution >= 4 is 40.5 Å². The molecule has 4 rings (SSSR count). The van der Waals surface area contributed by atoms with Gasteiger partial charge in [-0.1, -0.05) is 12.0 Å². The number of halogens is 3. The molecule has 0 amide bonds. The maximum Gasteiger partial charge on any atom is 0.446 e. The van der Waals surface area contributed by atoms with Gasteiger partial charge in [0.25, 0.3) is 0 Å². The van der Waals surface area contributed by atoms with E-state index in [4.69, 9.17) is 4.74 Å². The van der Waals surface area contributed by atoms with Crippen LogP contribution < -0.4 is 15.4 Å². The fourth-order valence-electron chi connectivity index (χ4n) is 4.03. The van der Waals surface area contributed by atoms with E-state index in [1.54, 1.807) is 31.0 Å². The maximum absolute atomic E-state index is 13.4. The van der Waals surface area contributed by atoms with Crippen molar-refractivity contribution in [3.8, 4) is 17.6 Å². The van der Waals surface area contributed by atoms with Crippen LogP contribution in [0.5, 0.6) is 5.75 Å². The maximum atomic E-state index is 13.4. The number of piperidine rings is 1. The average molecular weight is 536 g/mol. The number of aromatic nitrogens is 2. The number of rotatable bonds is 7. The van der Waals surface area contributed by atoms with Crippen LogP contribution in [0.25, 0.3) is 5.52 Å². The molecule has 3 aromatic rings. The highest BCUT2D eigenvalue weighted by Gasteiger charge is 2.33. The van der Waals surface area contributed by atoms with E-state index >= 15 is 0 Å². The quantitative estimate of drug-likeness (QED) is 0.300. The smallest absolute Gasteiger partial charge is 0.446 e. The van der Waals surface area contributed by atoms with Crippen LogP contribution in [0.2, 0.25) is 0 Å². The van der Waals surface area contributed by atoms with Gasteiger partial charge in [0.1, 0.15) is 17.3 Å². The third-order valence-corrected chi connectivity index (χ3v) is 7.45. The second kappa shape index (κ2) is 11.6. The molecular weight excluding hydrogens is 507 g/mol. The number of benzene rings is 1. The number of likely N-dealkylation sites (tertiary alicyclic amines) is 1. The largest absolute Gasteiger partial charge is 0.495 e. The number of hydrogen-bond acceptors (Lipinski definition) is 7. The van der Waals surface area contributed by atoms with Crippen molar-refractivity contribution in [2.45, 2.75) is 34.2 Å².